The van der Waals surface area contributed by atoms with E-state index >= 15 is 0 Å². The van der Waals surface area contributed by atoms with Crippen LogP contribution >= 0.6 is 24.0 Å². The van der Waals surface area contributed by atoms with Crippen molar-refractivity contribution in [3.05, 3.63) is 35.6 Å². The first-order valence-electron chi connectivity index (χ1n) is 9.93. The number of methoxy groups -OCH3 is 1. The molecule has 0 amide bonds. The second-order valence-corrected chi connectivity index (χ2v) is 7.71. The van der Waals surface area contributed by atoms with E-state index in [0.29, 0.717) is 12.0 Å². The third-order valence-electron chi connectivity index (χ3n) is 5.49. The zero-order valence-electron chi connectivity index (χ0n) is 17.6. The standard InChI is InChI=1S/C21H35FN4O.HI/c1-5-23-20(25-16-21(10-7-11-21)12-13-27-4)24-15-19(26(2)3)17-8-6-9-18(22)14-17;/h6,8-9,14,19H,5,7,10-13,15-16H2,1-4H3,(H2,23,24,25);1H. The molecule has 160 valence electrons. The number of nitrogens with one attached hydrogen (secondary N) is 2. The molecule has 2 rings (SSSR count). The maximum Gasteiger partial charge on any atom is 0.191 e. The quantitative estimate of drug-likeness (QED) is 0.288. The van der Waals surface area contributed by atoms with Gasteiger partial charge >= 0.3 is 0 Å². The van der Waals surface area contributed by atoms with Crippen molar-refractivity contribution in [2.75, 3.05) is 47.4 Å². The Morgan fingerprint density at radius 1 is 1.32 bits per heavy atom. The number of benzene rings is 1. The number of halogens is 2. The van der Waals surface area contributed by atoms with Crippen LogP contribution in [0.4, 0.5) is 4.39 Å². The molecule has 0 bridgehead atoms. The molecule has 7 heteroatoms. The number of guanidine groups is 1. The van der Waals surface area contributed by atoms with Gasteiger partial charge in [0.15, 0.2) is 5.96 Å². The summed E-state index contributed by atoms with van der Waals surface area (Å²) < 4.78 is 18.9. The average molecular weight is 506 g/mol. The minimum Gasteiger partial charge on any atom is -0.385 e. The molecule has 0 aliphatic heterocycles. The van der Waals surface area contributed by atoms with Gasteiger partial charge in [-0.15, -0.1) is 24.0 Å². The molecule has 0 aromatic heterocycles. The lowest BCUT2D eigenvalue weighted by Gasteiger charge is -2.40. The summed E-state index contributed by atoms with van der Waals surface area (Å²) in [6.07, 6.45) is 4.80. The molecule has 1 aliphatic rings. The highest BCUT2D eigenvalue weighted by Crippen LogP contribution is 2.44. The Kier molecular flexibility index (Phi) is 11.3. The first-order chi connectivity index (χ1) is 13.0. The zero-order chi connectivity index (χ0) is 19.7. The van der Waals surface area contributed by atoms with Crippen molar-refractivity contribution >= 4 is 29.9 Å². The van der Waals surface area contributed by atoms with Crippen molar-refractivity contribution in [2.45, 2.75) is 38.6 Å². The predicted molar refractivity (Wildman–Crippen MR) is 125 cm³/mol. The SMILES string of the molecule is CCNC(=NCC1(CCOC)CCC1)NCC(c1cccc(F)c1)N(C)C.I. The number of rotatable bonds is 10. The third-order valence-corrected chi connectivity index (χ3v) is 5.49. The highest BCUT2D eigenvalue weighted by molar-refractivity contribution is 14.0. The van der Waals surface area contributed by atoms with Crippen molar-refractivity contribution in [2.24, 2.45) is 10.4 Å². The highest BCUT2D eigenvalue weighted by Gasteiger charge is 2.36. The number of aliphatic imine (C=N–C) groups is 1. The molecule has 1 aromatic carbocycles. The second kappa shape index (κ2) is 12.6. The molecule has 1 saturated carbocycles. The van der Waals surface area contributed by atoms with E-state index in [9.17, 15) is 4.39 Å². The van der Waals surface area contributed by atoms with E-state index in [4.69, 9.17) is 9.73 Å². The fourth-order valence-corrected chi connectivity index (χ4v) is 3.58. The highest BCUT2D eigenvalue weighted by atomic mass is 127. The van der Waals surface area contributed by atoms with Gasteiger partial charge in [-0.3, -0.25) is 4.99 Å². The Labute approximate surface area is 186 Å². The number of hydrogen-bond donors (Lipinski definition) is 2. The van der Waals surface area contributed by atoms with E-state index in [0.717, 1.165) is 37.6 Å². The van der Waals surface area contributed by atoms with Crippen LogP contribution in [0.3, 0.4) is 0 Å². The Morgan fingerprint density at radius 3 is 2.61 bits per heavy atom. The van der Waals surface area contributed by atoms with Gasteiger partial charge in [-0.05, 0) is 63.4 Å². The fraction of sp³-hybridized carbons (Fsp3) is 0.667. The summed E-state index contributed by atoms with van der Waals surface area (Å²) in [7, 11) is 5.78. The van der Waals surface area contributed by atoms with Crippen LogP contribution < -0.4 is 10.6 Å². The third kappa shape index (κ3) is 7.48. The van der Waals surface area contributed by atoms with Crippen LogP contribution in [-0.4, -0.2) is 58.3 Å². The monoisotopic (exact) mass is 506 g/mol. The van der Waals surface area contributed by atoms with E-state index in [-0.39, 0.29) is 35.8 Å². The Balaban J connectivity index is 0.00000392. The molecule has 1 aliphatic carbocycles. The number of ether oxygens (including phenoxy) is 1. The first kappa shape index (κ1) is 25.1. The van der Waals surface area contributed by atoms with Gasteiger partial charge in [-0.25, -0.2) is 4.39 Å². The molecular weight excluding hydrogens is 470 g/mol. The molecule has 1 atom stereocenters. The maximum atomic E-state index is 13.6. The largest absolute Gasteiger partial charge is 0.385 e. The van der Waals surface area contributed by atoms with Crippen LogP contribution in [0, 0.1) is 11.2 Å². The zero-order valence-corrected chi connectivity index (χ0v) is 20.0. The van der Waals surface area contributed by atoms with Gasteiger partial charge in [0.1, 0.15) is 5.82 Å². The topological polar surface area (TPSA) is 48.9 Å². The Hall–Kier alpha value is -0.930. The lowest BCUT2D eigenvalue weighted by atomic mass is 9.67. The predicted octanol–water partition coefficient (Wildman–Crippen LogP) is 3.81. The van der Waals surface area contributed by atoms with Crippen LogP contribution in [0.25, 0.3) is 0 Å². The van der Waals surface area contributed by atoms with E-state index in [2.05, 4.69) is 22.5 Å². The van der Waals surface area contributed by atoms with E-state index in [1.165, 1.54) is 25.3 Å². The van der Waals surface area contributed by atoms with E-state index < -0.39 is 0 Å². The van der Waals surface area contributed by atoms with E-state index in [1.54, 1.807) is 19.2 Å². The smallest absolute Gasteiger partial charge is 0.191 e. The van der Waals surface area contributed by atoms with Gasteiger partial charge < -0.3 is 20.3 Å². The van der Waals surface area contributed by atoms with Crippen molar-refractivity contribution in [1.82, 2.24) is 15.5 Å². The average Bonchev–Trinajstić information content (AvgIpc) is 2.60. The molecule has 1 aromatic rings. The first-order valence-corrected chi connectivity index (χ1v) is 9.93. The summed E-state index contributed by atoms with van der Waals surface area (Å²) in [6.45, 7) is 5.15. The van der Waals surface area contributed by atoms with Crippen LogP contribution in [0.5, 0.6) is 0 Å². The lowest BCUT2D eigenvalue weighted by Crippen LogP contribution is -2.43. The molecule has 2 N–H and O–H groups in total. The second-order valence-electron chi connectivity index (χ2n) is 7.71. The van der Waals surface area contributed by atoms with Gasteiger partial charge in [0.2, 0.25) is 0 Å². The molecule has 0 saturated heterocycles. The summed E-state index contributed by atoms with van der Waals surface area (Å²) in [5.41, 5.74) is 1.25. The van der Waals surface area contributed by atoms with E-state index in [1.807, 2.05) is 20.2 Å². The van der Waals surface area contributed by atoms with Gasteiger partial charge in [0.25, 0.3) is 0 Å². The van der Waals surface area contributed by atoms with Gasteiger partial charge in [0.05, 0.1) is 6.04 Å². The van der Waals surface area contributed by atoms with Crippen molar-refractivity contribution in [3.63, 3.8) is 0 Å². The normalized spacial score (nSPS) is 16.9. The molecule has 5 nitrogen and oxygen atoms in total. The molecule has 1 fully saturated rings. The molecule has 0 heterocycles. The van der Waals surface area contributed by atoms with Crippen molar-refractivity contribution < 1.29 is 9.13 Å². The minimum atomic E-state index is -0.204. The maximum absolute atomic E-state index is 13.6. The van der Waals surface area contributed by atoms with Crippen LogP contribution in [0.2, 0.25) is 0 Å². The molecule has 0 radical (unpaired) electrons. The molecule has 28 heavy (non-hydrogen) atoms. The van der Waals surface area contributed by atoms with Gasteiger partial charge in [-0.1, -0.05) is 18.6 Å². The molecule has 0 spiro atoms. The summed E-state index contributed by atoms with van der Waals surface area (Å²) in [5, 5.41) is 6.77. The number of likely N-dealkylation sites (N-methyl/N-ethyl adjacent to an activating group) is 1. The van der Waals surface area contributed by atoms with Crippen LogP contribution in [0.15, 0.2) is 29.3 Å². The van der Waals surface area contributed by atoms with Crippen molar-refractivity contribution in [1.29, 1.82) is 0 Å². The summed E-state index contributed by atoms with van der Waals surface area (Å²) >= 11 is 0. The summed E-state index contributed by atoms with van der Waals surface area (Å²) in [5.74, 6) is 0.620. The minimum absolute atomic E-state index is 0. The van der Waals surface area contributed by atoms with Crippen LogP contribution in [-0.2, 0) is 4.74 Å². The van der Waals surface area contributed by atoms with Crippen LogP contribution in [0.1, 0.15) is 44.2 Å². The number of hydrogen-bond acceptors (Lipinski definition) is 3. The van der Waals surface area contributed by atoms with Gasteiger partial charge in [-0.2, -0.15) is 0 Å². The molecular formula is C21H36FIN4O. The number of nitrogens with zero attached hydrogens (tertiary/aromatic N) is 2. The summed E-state index contributed by atoms with van der Waals surface area (Å²) in [6, 6.07) is 6.87. The molecule has 1 unspecified atom stereocenters. The lowest BCUT2D eigenvalue weighted by molar-refractivity contribution is 0.0778. The Bertz CT molecular complexity index is 608. The fourth-order valence-electron chi connectivity index (χ4n) is 3.58. The summed E-state index contributed by atoms with van der Waals surface area (Å²) in [4.78, 5) is 6.94. The Morgan fingerprint density at radius 2 is 2.07 bits per heavy atom. The van der Waals surface area contributed by atoms with Gasteiger partial charge in [0, 0.05) is 33.4 Å². The van der Waals surface area contributed by atoms with Crippen molar-refractivity contribution in [3.8, 4) is 0 Å².